The summed E-state index contributed by atoms with van der Waals surface area (Å²) in [5.74, 6) is -0.659. The largest absolute Gasteiger partial charge is 0.442 e. The minimum absolute atomic E-state index is 0.207. The van der Waals surface area contributed by atoms with Crippen LogP contribution < -0.4 is 10.2 Å². The van der Waals surface area contributed by atoms with Gasteiger partial charge in [-0.1, -0.05) is 74.3 Å². The molecule has 0 spiro atoms. The Bertz CT molecular complexity index is 1150. The zero-order valence-electron chi connectivity index (χ0n) is 21.3. The fourth-order valence-electron chi connectivity index (χ4n) is 5.34. The van der Waals surface area contributed by atoms with Gasteiger partial charge in [-0.25, -0.2) is 9.18 Å². The lowest BCUT2D eigenvalue weighted by atomic mass is 9.80. The Kier molecular flexibility index (Phi) is 8.66. The van der Waals surface area contributed by atoms with E-state index < -0.39 is 23.6 Å². The van der Waals surface area contributed by atoms with Gasteiger partial charge in [0.15, 0.2) is 0 Å². The van der Waals surface area contributed by atoms with Crippen LogP contribution in [0.2, 0.25) is 0 Å². The van der Waals surface area contributed by atoms with Crippen molar-refractivity contribution in [3.8, 4) is 11.1 Å². The van der Waals surface area contributed by atoms with Crippen LogP contribution >= 0.6 is 0 Å². The molecule has 2 fully saturated rings. The number of rotatable bonds is 6. The van der Waals surface area contributed by atoms with Gasteiger partial charge >= 0.3 is 6.09 Å². The molecule has 1 atom stereocenters. The van der Waals surface area contributed by atoms with Gasteiger partial charge in [-0.15, -0.1) is 0 Å². The van der Waals surface area contributed by atoms with Crippen LogP contribution in [-0.2, 0) is 15.1 Å². The van der Waals surface area contributed by atoms with Crippen LogP contribution in [0.1, 0.15) is 70.3 Å². The number of hydrogen-bond acceptors (Lipinski definition) is 4. The molecule has 0 radical (unpaired) electrons. The number of nitrogens with one attached hydrogen (secondary N) is 1. The lowest BCUT2D eigenvalue weighted by molar-refractivity contribution is -0.119. The van der Waals surface area contributed by atoms with Crippen LogP contribution in [0.4, 0.5) is 14.9 Å². The van der Waals surface area contributed by atoms with Crippen LogP contribution in [0.15, 0.2) is 47.6 Å². The Morgan fingerprint density at radius 1 is 1.11 bits per heavy atom. The molecule has 8 nitrogen and oxygen atoms in total. The number of anilines is 1. The number of carbonyl (C=O) groups is 2. The minimum atomic E-state index is -0.572. The number of benzene rings is 2. The van der Waals surface area contributed by atoms with Gasteiger partial charge in [-0.05, 0) is 47.7 Å². The first-order chi connectivity index (χ1) is 17.9. The quantitative estimate of drug-likeness (QED) is 0.259. The number of nitrogens with zero attached hydrogens (tertiary/aromatic N) is 4. The van der Waals surface area contributed by atoms with Crippen molar-refractivity contribution in [2.75, 3.05) is 18.0 Å². The maximum absolute atomic E-state index is 15.2. The van der Waals surface area contributed by atoms with Crippen LogP contribution in [0, 0.1) is 5.82 Å². The molecular weight excluding hydrogens is 473 g/mol. The van der Waals surface area contributed by atoms with E-state index in [1.165, 1.54) is 37.2 Å². The van der Waals surface area contributed by atoms with Crippen LogP contribution in [-0.4, -0.2) is 31.2 Å². The maximum Gasteiger partial charge on any atom is 0.414 e. The Morgan fingerprint density at radius 2 is 1.76 bits per heavy atom. The molecule has 1 aliphatic heterocycles. The van der Waals surface area contributed by atoms with Gasteiger partial charge in [-0.3, -0.25) is 9.69 Å². The first kappa shape index (κ1) is 26.5. The molecule has 1 N–H and O–H groups in total. The molecule has 37 heavy (non-hydrogen) atoms. The van der Waals surface area contributed by atoms with Gasteiger partial charge in [0.2, 0.25) is 5.91 Å². The third kappa shape index (κ3) is 6.41. The summed E-state index contributed by atoms with van der Waals surface area (Å²) in [5.41, 5.74) is 11.3. The van der Waals surface area contributed by atoms with Crippen molar-refractivity contribution >= 4 is 17.7 Å². The van der Waals surface area contributed by atoms with E-state index in [4.69, 9.17) is 4.74 Å². The summed E-state index contributed by atoms with van der Waals surface area (Å²) in [7, 11) is 0. The number of halogens is 1. The van der Waals surface area contributed by atoms with Crippen LogP contribution in [0.5, 0.6) is 0 Å². The molecule has 1 saturated carbocycles. The van der Waals surface area contributed by atoms with Crippen molar-refractivity contribution in [2.24, 2.45) is 5.11 Å². The van der Waals surface area contributed by atoms with Crippen molar-refractivity contribution in [1.29, 1.82) is 0 Å². The second kappa shape index (κ2) is 12.1. The molecule has 0 unspecified atom stereocenters. The summed E-state index contributed by atoms with van der Waals surface area (Å²) >= 11 is 0. The van der Waals surface area contributed by atoms with E-state index in [-0.39, 0.29) is 19.0 Å². The minimum Gasteiger partial charge on any atom is -0.442 e. The van der Waals surface area contributed by atoms with Gasteiger partial charge < -0.3 is 10.1 Å². The van der Waals surface area contributed by atoms with Crippen molar-refractivity contribution < 1.29 is 18.7 Å². The number of carbonyl (C=O) groups excluding carboxylic acids is 2. The van der Waals surface area contributed by atoms with E-state index in [1.807, 2.05) is 24.3 Å². The Hall–Kier alpha value is -3.58. The van der Waals surface area contributed by atoms with E-state index in [9.17, 15) is 15.1 Å². The molecule has 2 aromatic carbocycles. The van der Waals surface area contributed by atoms with Crippen LogP contribution in [0.25, 0.3) is 21.6 Å². The summed E-state index contributed by atoms with van der Waals surface area (Å²) in [6, 6.07) is 12.3. The predicted octanol–water partition coefficient (Wildman–Crippen LogP) is 6.98. The zero-order valence-corrected chi connectivity index (χ0v) is 21.3. The highest BCUT2D eigenvalue weighted by Gasteiger charge is 2.33. The summed E-state index contributed by atoms with van der Waals surface area (Å²) in [5, 5.41) is 6.93. The Balaban J connectivity index is 1.52. The third-order valence-corrected chi connectivity index (χ3v) is 7.37. The van der Waals surface area contributed by atoms with E-state index in [1.54, 1.807) is 12.1 Å². The first-order valence-corrected chi connectivity index (χ1v) is 13.1. The number of hydrogen-bond donors (Lipinski definition) is 1. The normalized spacial score (nSPS) is 20.0. The molecule has 2 aromatic rings. The van der Waals surface area contributed by atoms with Crippen molar-refractivity contribution in [3.05, 3.63) is 64.3 Å². The lowest BCUT2D eigenvalue weighted by Crippen LogP contribution is -2.33. The summed E-state index contributed by atoms with van der Waals surface area (Å²) < 4.78 is 20.5. The number of amides is 2. The molecular formula is C28H34FN5O3. The fourth-order valence-corrected chi connectivity index (χ4v) is 5.34. The molecule has 1 heterocycles. The van der Waals surface area contributed by atoms with Gasteiger partial charge in [0.05, 0.1) is 24.3 Å². The monoisotopic (exact) mass is 507 g/mol. The summed E-state index contributed by atoms with van der Waals surface area (Å²) in [6.07, 6.45) is 8.57. The van der Waals surface area contributed by atoms with E-state index in [0.717, 1.165) is 44.1 Å². The second-order valence-electron chi connectivity index (χ2n) is 9.99. The summed E-state index contributed by atoms with van der Waals surface area (Å²) in [6.45, 7) is 1.84. The third-order valence-electron chi connectivity index (χ3n) is 7.37. The Morgan fingerprint density at radius 3 is 2.35 bits per heavy atom. The number of ether oxygens (including phenoxy) is 1. The van der Waals surface area contributed by atoms with Gasteiger partial charge in [-0.2, -0.15) is 0 Å². The maximum atomic E-state index is 15.2. The molecule has 1 saturated heterocycles. The number of azide groups is 1. The number of cyclic esters (lactones) is 1. The van der Waals surface area contributed by atoms with Crippen LogP contribution in [0.3, 0.4) is 0 Å². The van der Waals surface area contributed by atoms with Crippen molar-refractivity contribution in [3.63, 3.8) is 0 Å². The molecule has 9 heteroatoms. The molecule has 0 aromatic heterocycles. The van der Waals surface area contributed by atoms with E-state index >= 15 is 4.39 Å². The van der Waals surface area contributed by atoms with E-state index in [0.29, 0.717) is 16.8 Å². The van der Waals surface area contributed by atoms with Gasteiger partial charge in [0.1, 0.15) is 11.9 Å². The predicted molar refractivity (Wildman–Crippen MR) is 141 cm³/mol. The van der Waals surface area contributed by atoms with Crippen molar-refractivity contribution in [2.45, 2.75) is 76.4 Å². The average Bonchev–Trinajstić information content (AvgIpc) is 3.27. The lowest BCUT2D eigenvalue weighted by Gasteiger charge is -2.30. The molecule has 2 amide bonds. The van der Waals surface area contributed by atoms with E-state index in [2.05, 4.69) is 15.3 Å². The standard InChI is InChI=1S/C28H34FN5O3/c1-20(35)31-18-24-19-34(27(36)37-24)23-13-14-25(26(29)17-23)21-9-11-22(12-10-21)28(32-33-30)15-7-5-3-2-4-6-8-16-28/h9-14,17,24H,2-8,15-16,18-19H2,1H3,(H,31,35)/t24-/m0/s1. The topological polar surface area (TPSA) is 107 Å². The van der Waals surface area contributed by atoms with Gasteiger partial charge in [0, 0.05) is 17.4 Å². The zero-order chi connectivity index (χ0) is 26.3. The fraction of sp³-hybridized carbons (Fsp3) is 0.500. The molecule has 2 aliphatic rings. The van der Waals surface area contributed by atoms with Crippen molar-refractivity contribution in [1.82, 2.24) is 5.32 Å². The van der Waals surface area contributed by atoms with Gasteiger partial charge in [0.25, 0.3) is 0 Å². The average molecular weight is 508 g/mol. The second-order valence-corrected chi connectivity index (χ2v) is 9.99. The highest BCUT2D eigenvalue weighted by molar-refractivity contribution is 5.90. The molecule has 0 bridgehead atoms. The summed E-state index contributed by atoms with van der Waals surface area (Å²) in [4.78, 5) is 28.0. The Labute approximate surface area is 216 Å². The highest BCUT2D eigenvalue weighted by Crippen LogP contribution is 2.39. The first-order valence-electron chi connectivity index (χ1n) is 13.1. The molecule has 196 valence electrons. The highest BCUT2D eigenvalue weighted by atomic mass is 19.1. The molecule has 4 rings (SSSR count). The molecule has 1 aliphatic carbocycles. The SMILES string of the molecule is CC(=O)NC[C@H]1CN(c2ccc(-c3ccc(C4(N=[N+]=[N-])CCCCCCCCC4)cc3)c(F)c2)C(=O)O1. The smallest absolute Gasteiger partial charge is 0.414 e.